The van der Waals surface area contributed by atoms with Gasteiger partial charge in [0.25, 0.3) is 0 Å². The zero-order chi connectivity index (χ0) is 13.8. The van der Waals surface area contributed by atoms with Crippen LogP contribution in [0.1, 0.15) is 51.7 Å². The van der Waals surface area contributed by atoms with Gasteiger partial charge in [0.05, 0.1) is 5.60 Å². The minimum absolute atomic E-state index is 0.526. The Morgan fingerprint density at radius 1 is 1.00 bits per heavy atom. The molecular weight excluding hydrogens is 220 g/mol. The summed E-state index contributed by atoms with van der Waals surface area (Å²) in [6.45, 7) is 10.9. The molecule has 1 heteroatoms. The van der Waals surface area contributed by atoms with E-state index in [1.54, 1.807) is 0 Å². The van der Waals surface area contributed by atoms with Crippen LogP contribution in [0.25, 0.3) is 0 Å². The van der Waals surface area contributed by atoms with Crippen molar-refractivity contribution in [3.8, 4) is 0 Å². The van der Waals surface area contributed by atoms with Gasteiger partial charge >= 0.3 is 0 Å². The third-order valence-corrected chi connectivity index (χ3v) is 3.36. The van der Waals surface area contributed by atoms with Gasteiger partial charge in [0, 0.05) is 6.42 Å². The summed E-state index contributed by atoms with van der Waals surface area (Å²) in [5, 5.41) is 10.9. The summed E-state index contributed by atoms with van der Waals surface area (Å²) in [5.74, 6) is 1.05. The van der Waals surface area contributed by atoms with E-state index in [0.717, 1.165) is 19.3 Å². The van der Waals surface area contributed by atoms with Gasteiger partial charge in [-0.3, -0.25) is 0 Å². The lowest BCUT2D eigenvalue weighted by atomic mass is 9.80. The molecule has 18 heavy (non-hydrogen) atoms. The van der Waals surface area contributed by atoms with Gasteiger partial charge in [-0.15, -0.1) is 0 Å². The van der Waals surface area contributed by atoms with Crippen molar-refractivity contribution in [1.29, 1.82) is 0 Å². The Kier molecular flexibility index (Phi) is 5.40. The lowest BCUT2D eigenvalue weighted by Crippen LogP contribution is -2.35. The van der Waals surface area contributed by atoms with Crippen molar-refractivity contribution in [2.45, 2.75) is 59.5 Å². The first-order chi connectivity index (χ1) is 8.32. The highest BCUT2D eigenvalue weighted by Gasteiger charge is 2.29. The van der Waals surface area contributed by atoms with Crippen LogP contribution < -0.4 is 0 Å². The smallest absolute Gasteiger partial charge is 0.0692 e. The second kappa shape index (κ2) is 6.38. The topological polar surface area (TPSA) is 20.2 Å². The summed E-state index contributed by atoms with van der Waals surface area (Å²) in [6, 6.07) is 8.39. The number of benzene rings is 1. The van der Waals surface area contributed by atoms with Crippen LogP contribution in [0, 0.1) is 18.8 Å². The molecule has 0 heterocycles. The maximum Gasteiger partial charge on any atom is 0.0692 e. The van der Waals surface area contributed by atoms with E-state index < -0.39 is 5.60 Å². The van der Waals surface area contributed by atoms with Gasteiger partial charge < -0.3 is 5.11 Å². The molecule has 0 saturated carbocycles. The Bertz CT molecular complexity index is 356. The van der Waals surface area contributed by atoms with E-state index in [-0.39, 0.29) is 0 Å². The van der Waals surface area contributed by atoms with E-state index >= 15 is 0 Å². The number of aliphatic hydroxyl groups is 1. The molecule has 0 fully saturated rings. The standard InChI is InChI=1S/C17H28O/c1-13(2)10-17(18,11-14(3)4)12-16-9-7-6-8-15(16)5/h6-9,13-14,18H,10-12H2,1-5H3. The Morgan fingerprint density at radius 2 is 1.50 bits per heavy atom. The normalized spacial score (nSPS) is 12.4. The second-order valence-electron chi connectivity index (χ2n) is 6.52. The Labute approximate surface area is 112 Å². The van der Waals surface area contributed by atoms with Crippen molar-refractivity contribution in [3.05, 3.63) is 35.4 Å². The molecule has 0 amide bonds. The van der Waals surface area contributed by atoms with Crippen LogP contribution in [-0.4, -0.2) is 10.7 Å². The van der Waals surface area contributed by atoms with E-state index in [2.05, 4.69) is 58.9 Å². The van der Waals surface area contributed by atoms with E-state index in [9.17, 15) is 5.11 Å². The van der Waals surface area contributed by atoms with Crippen molar-refractivity contribution < 1.29 is 5.11 Å². The molecule has 0 atom stereocenters. The first-order valence-electron chi connectivity index (χ1n) is 7.09. The maximum absolute atomic E-state index is 10.9. The maximum atomic E-state index is 10.9. The summed E-state index contributed by atoms with van der Waals surface area (Å²) < 4.78 is 0. The number of rotatable bonds is 6. The van der Waals surface area contributed by atoms with Gasteiger partial charge in [0.1, 0.15) is 0 Å². The molecule has 0 unspecified atom stereocenters. The van der Waals surface area contributed by atoms with Crippen molar-refractivity contribution in [2.75, 3.05) is 0 Å². The average Bonchev–Trinajstić information content (AvgIpc) is 2.18. The van der Waals surface area contributed by atoms with Crippen LogP contribution in [0.2, 0.25) is 0 Å². The molecule has 1 aromatic carbocycles. The van der Waals surface area contributed by atoms with E-state index in [1.807, 2.05) is 0 Å². The first kappa shape index (κ1) is 15.2. The van der Waals surface area contributed by atoms with Gasteiger partial charge in [-0.05, 0) is 42.7 Å². The number of hydrogen-bond acceptors (Lipinski definition) is 1. The second-order valence-corrected chi connectivity index (χ2v) is 6.52. The van der Waals surface area contributed by atoms with Gasteiger partial charge in [-0.25, -0.2) is 0 Å². The van der Waals surface area contributed by atoms with Crippen LogP contribution in [0.4, 0.5) is 0 Å². The summed E-state index contributed by atoms with van der Waals surface area (Å²) >= 11 is 0. The molecule has 1 aromatic rings. The number of aryl methyl sites for hydroxylation is 1. The van der Waals surface area contributed by atoms with Crippen LogP contribution in [-0.2, 0) is 6.42 Å². The Hall–Kier alpha value is -0.820. The first-order valence-corrected chi connectivity index (χ1v) is 7.09. The molecule has 0 bridgehead atoms. The Balaban J connectivity index is 2.87. The van der Waals surface area contributed by atoms with Crippen molar-refractivity contribution >= 4 is 0 Å². The molecular formula is C17H28O. The molecule has 0 aliphatic heterocycles. The van der Waals surface area contributed by atoms with Crippen molar-refractivity contribution in [1.82, 2.24) is 0 Å². The van der Waals surface area contributed by atoms with Crippen LogP contribution in [0.5, 0.6) is 0 Å². The third-order valence-electron chi connectivity index (χ3n) is 3.36. The van der Waals surface area contributed by atoms with Crippen LogP contribution >= 0.6 is 0 Å². The van der Waals surface area contributed by atoms with E-state index in [0.29, 0.717) is 11.8 Å². The fourth-order valence-corrected chi connectivity index (χ4v) is 2.91. The third kappa shape index (κ3) is 4.81. The minimum atomic E-state index is -0.561. The molecule has 0 aromatic heterocycles. The highest BCUT2D eigenvalue weighted by Crippen LogP contribution is 2.29. The summed E-state index contributed by atoms with van der Waals surface area (Å²) in [7, 11) is 0. The zero-order valence-electron chi connectivity index (χ0n) is 12.5. The molecule has 1 N–H and O–H groups in total. The summed E-state index contributed by atoms with van der Waals surface area (Å²) in [6.07, 6.45) is 2.52. The molecule has 1 nitrogen and oxygen atoms in total. The Morgan fingerprint density at radius 3 is 1.94 bits per heavy atom. The van der Waals surface area contributed by atoms with E-state index in [1.165, 1.54) is 11.1 Å². The number of hydrogen-bond donors (Lipinski definition) is 1. The van der Waals surface area contributed by atoms with E-state index in [4.69, 9.17) is 0 Å². The molecule has 0 aliphatic rings. The molecule has 0 saturated heterocycles. The fourth-order valence-electron chi connectivity index (χ4n) is 2.91. The highest BCUT2D eigenvalue weighted by molar-refractivity contribution is 5.27. The molecule has 1 rings (SSSR count). The fraction of sp³-hybridized carbons (Fsp3) is 0.647. The monoisotopic (exact) mass is 248 g/mol. The lowest BCUT2D eigenvalue weighted by Gasteiger charge is -2.32. The molecule has 0 spiro atoms. The molecule has 0 radical (unpaired) electrons. The molecule has 102 valence electrons. The summed E-state index contributed by atoms with van der Waals surface area (Å²) in [4.78, 5) is 0. The minimum Gasteiger partial charge on any atom is -0.390 e. The predicted octanol–water partition coefficient (Wildman–Crippen LogP) is 4.36. The average molecular weight is 248 g/mol. The van der Waals surface area contributed by atoms with Crippen LogP contribution in [0.3, 0.4) is 0 Å². The van der Waals surface area contributed by atoms with Crippen molar-refractivity contribution in [2.24, 2.45) is 11.8 Å². The van der Waals surface area contributed by atoms with Crippen molar-refractivity contribution in [3.63, 3.8) is 0 Å². The van der Waals surface area contributed by atoms with Crippen LogP contribution in [0.15, 0.2) is 24.3 Å². The lowest BCUT2D eigenvalue weighted by molar-refractivity contribution is 0.000618. The summed E-state index contributed by atoms with van der Waals surface area (Å²) in [5.41, 5.74) is 2.00. The van der Waals surface area contributed by atoms with Gasteiger partial charge in [0.15, 0.2) is 0 Å². The van der Waals surface area contributed by atoms with Gasteiger partial charge in [-0.2, -0.15) is 0 Å². The highest BCUT2D eigenvalue weighted by atomic mass is 16.3. The van der Waals surface area contributed by atoms with Gasteiger partial charge in [0.2, 0.25) is 0 Å². The molecule has 0 aliphatic carbocycles. The zero-order valence-corrected chi connectivity index (χ0v) is 12.5. The SMILES string of the molecule is Cc1ccccc1CC(O)(CC(C)C)CC(C)C. The van der Waals surface area contributed by atoms with Gasteiger partial charge in [-0.1, -0.05) is 52.0 Å². The predicted molar refractivity (Wildman–Crippen MR) is 78.7 cm³/mol. The quantitative estimate of drug-likeness (QED) is 0.793. The largest absolute Gasteiger partial charge is 0.390 e.